The van der Waals surface area contributed by atoms with Crippen molar-refractivity contribution in [2.24, 2.45) is 5.92 Å². The zero-order valence-corrected chi connectivity index (χ0v) is 22.1. The first kappa shape index (κ1) is 31.3. The molecule has 7 nitrogen and oxygen atoms in total. The van der Waals surface area contributed by atoms with Crippen molar-refractivity contribution in [3.63, 3.8) is 0 Å². The van der Waals surface area contributed by atoms with Crippen molar-refractivity contribution in [1.29, 1.82) is 0 Å². The fraction of sp³-hybridized carbons (Fsp3) is 0.583. The van der Waals surface area contributed by atoms with E-state index >= 15 is 0 Å². The number of benzene rings is 1. The first-order valence-corrected chi connectivity index (χ1v) is 13.5. The van der Waals surface area contributed by atoms with Gasteiger partial charge in [0, 0.05) is 30.8 Å². The van der Waals surface area contributed by atoms with Gasteiger partial charge in [-0.2, -0.15) is 0 Å². The van der Waals surface area contributed by atoms with Crippen LogP contribution in [0.1, 0.15) is 44.3 Å². The Bertz CT molecular complexity index is 691. The monoisotopic (exact) mass is 497 g/mol. The minimum absolute atomic E-state index is 0.0117. The van der Waals surface area contributed by atoms with Crippen LogP contribution in [0.15, 0.2) is 24.3 Å². The zero-order chi connectivity index (χ0) is 24.7. The molecule has 3 N–H and O–H groups in total. The molecule has 0 saturated heterocycles. The number of aryl methyl sites for hydroxylation is 1. The third-order valence-corrected chi connectivity index (χ3v) is 6.29. The SMILES string of the molecule is CCNCCNC=O.CCSSC(OCCOCC(=O)NC#CC(C)C)c1ccc(C)cc1. The molecule has 0 heterocycles. The number of ether oxygens (including phenoxy) is 2. The number of nitrogens with one attached hydrogen (secondary N) is 3. The number of carbonyl (C=O) groups excluding carboxylic acids is 2. The molecule has 0 saturated carbocycles. The first-order chi connectivity index (χ1) is 15.9. The minimum atomic E-state index is -0.237. The lowest BCUT2D eigenvalue weighted by molar-refractivity contribution is -0.125. The van der Waals surface area contributed by atoms with Crippen molar-refractivity contribution in [3.8, 4) is 12.0 Å². The van der Waals surface area contributed by atoms with E-state index in [1.807, 2.05) is 20.8 Å². The zero-order valence-electron chi connectivity index (χ0n) is 20.4. The molecule has 0 bridgehead atoms. The van der Waals surface area contributed by atoms with Crippen molar-refractivity contribution >= 4 is 33.9 Å². The summed E-state index contributed by atoms with van der Waals surface area (Å²) >= 11 is 0. The fourth-order valence-corrected chi connectivity index (χ4v) is 4.05. The van der Waals surface area contributed by atoms with E-state index in [9.17, 15) is 9.59 Å². The van der Waals surface area contributed by atoms with Gasteiger partial charge in [-0.05, 0) is 19.0 Å². The topological polar surface area (TPSA) is 88.7 Å². The number of hydrogen-bond acceptors (Lipinski definition) is 7. The lowest BCUT2D eigenvalue weighted by atomic mass is 10.2. The second kappa shape index (κ2) is 22.1. The second-order valence-corrected chi connectivity index (χ2v) is 9.78. The molecule has 2 amide bonds. The van der Waals surface area contributed by atoms with E-state index in [0.717, 1.165) is 31.0 Å². The van der Waals surface area contributed by atoms with Crippen LogP contribution in [-0.2, 0) is 19.1 Å². The maximum Gasteiger partial charge on any atom is 0.257 e. The van der Waals surface area contributed by atoms with Gasteiger partial charge in [0.1, 0.15) is 12.0 Å². The lowest BCUT2D eigenvalue weighted by Crippen LogP contribution is -2.25. The molecule has 1 rings (SSSR count). The summed E-state index contributed by atoms with van der Waals surface area (Å²) in [5.74, 6) is 3.88. The summed E-state index contributed by atoms with van der Waals surface area (Å²) in [6, 6.07) is 11.0. The van der Waals surface area contributed by atoms with Crippen LogP contribution in [0.25, 0.3) is 0 Å². The summed E-state index contributed by atoms with van der Waals surface area (Å²) in [5, 5.41) is 8.10. The summed E-state index contributed by atoms with van der Waals surface area (Å²) in [6.07, 6.45) is 0.706. The quantitative estimate of drug-likeness (QED) is 0.0853. The van der Waals surface area contributed by atoms with Crippen LogP contribution >= 0.6 is 21.6 Å². The van der Waals surface area contributed by atoms with Gasteiger partial charge >= 0.3 is 0 Å². The van der Waals surface area contributed by atoms with Crippen molar-refractivity contribution < 1.29 is 19.1 Å². The Balaban J connectivity index is 0.00000109. The van der Waals surface area contributed by atoms with Crippen LogP contribution in [-0.4, -0.2) is 57.5 Å². The van der Waals surface area contributed by atoms with E-state index in [-0.39, 0.29) is 23.9 Å². The summed E-state index contributed by atoms with van der Waals surface area (Å²) < 4.78 is 11.3. The normalized spacial score (nSPS) is 11.0. The maximum atomic E-state index is 11.5. The molecular formula is C24H39N3O4S2. The maximum absolute atomic E-state index is 11.5. The number of rotatable bonds is 15. The third kappa shape index (κ3) is 19.5. The number of likely N-dealkylation sites (N-methyl/N-ethyl adjacent to an activating group) is 1. The predicted octanol–water partition coefficient (Wildman–Crippen LogP) is 3.50. The van der Waals surface area contributed by atoms with E-state index in [2.05, 4.69) is 66.0 Å². The van der Waals surface area contributed by atoms with Crippen LogP contribution in [0.2, 0.25) is 0 Å². The molecule has 1 unspecified atom stereocenters. The minimum Gasteiger partial charge on any atom is -0.369 e. The molecule has 0 aliphatic heterocycles. The number of carbonyl (C=O) groups is 2. The Kier molecular flexibility index (Phi) is 21.0. The molecule has 0 aliphatic rings. The summed E-state index contributed by atoms with van der Waals surface area (Å²) in [5.41, 5.74) is 2.32. The Morgan fingerprint density at radius 1 is 1.15 bits per heavy atom. The first-order valence-electron chi connectivity index (χ1n) is 11.2. The molecule has 186 valence electrons. The average molecular weight is 498 g/mol. The Hall–Kier alpha value is -1.70. The number of amides is 2. The highest BCUT2D eigenvalue weighted by Crippen LogP contribution is 2.38. The lowest BCUT2D eigenvalue weighted by Gasteiger charge is -2.17. The number of hydrogen-bond donors (Lipinski definition) is 3. The molecule has 33 heavy (non-hydrogen) atoms. The van der Waals surface area contributed by atoms with Gasteiger partial charge in [-0.15, -0.1) is 0 Å². The molecule has 1 atom stereocenters. The molecule has 1 aromatic rings. The van der Waals surface area contributed by atoms with Crippen molar-refractivity contribution in [2.75, 3.05) is 45.2 Å². The smallest absolute Gasteiger partial charge is 0.257 e. The van der Waals surface area contributed by atoms with Crippen LogP contribution < -0.4 is 16.0 Å². The third-order valence-electron chi connectivity index (χ3n) is 3.70. The molecule has 0 spiro atoms. The van der Waals surface area contributed by atoms with E-state index in [0.29, 0.717) is 19.6 Å². The summed E-state index contributed by atoms with van der Waals surface area (Å²) in [6.45, 7) is 13.5. The Labute approximate surface area is 207 Å². The molecule has 0 aliphatic carbocycles. The van der Waals surface area contributed by atoms with Gasteiger partial charge < -0.3 is 20.1 Å². The van der Waals surface area contributed by atoms with Gasteiger partial charge in [0.05, 0.1) is 13.2 Å². The molecule has 1 aromatic carbocycles. The Morgan fingerprint density at radius 2 is 1.88 bits per heavy atom. The fourth-order valence-electron chi connectivity index (χ4n) is 2.09. The molecule has 0 radical (unpaired) electrons. The predicted molar refractivity (Wildman–Crippen MR) is 140 cm³/mol. The molecular weight excluding hydrogens is 458 g/mol. The van der Waals surface area contributed by atoms with Gasteiger partial charge in [0.2, 0.25) is 6.41 Å². The van der Waals surface area contributed by atoms with Gasteiger partial charge in [-0.25, -0.2) is 0 Å². The van der Waals surface area contributed by atoms with Crippen molar-refractivity contribution in [3.05, 3.63) is 35.4 Å². The van der Waals surface area contributed by atoms with Crippen LogP contribution in [0.3, 0.4) is 0 Å². The largest absolute Gasteiger partial charge is 0.369 e. The van der Waals surface area contributed by atoms with Crippen LogP contribution in [0, 0.1) is 24.8 Å². The average Bonchev–Trinajstić information content (AvgIpc) is 2.79. The van der Waals surface area contributed by atoms with Crippen LogP contribution in [0.5, 0.6) is 0 Å². The van der Waals surface area contributed by atoms with E-state index in [1.165, 1.54) is 5.56 Å². The standard InChI is InChI=1S/C19H27NO3S2.C5H12N2O/c1-5-24-25-19(17-8-6-16(4)7-9-17)23-13-12-22-14-18(21)20-11-10-15(2)3;1-2-6-3-4-7-5-8/h6-9,15,19H,5,12-14H2,1-4H3,(H,20,21);5-6H,2-4H2,1H3,(H,7,8). The van der Waals surface area contributed by atoms with Crippen molar-refractivity contribution in [1.82, 2.24) is 16.0 Å². The van der Waals surface area contributed by atoms with E-state index in [1.54, 1.807) is 21.6 Å². The summed E-state index contributed by atoms with van der Waals surface area (Å²) in [4.78, 5) is 21.2. The van der Waals surface area contributed by atoms with Crippen molar-refractivity contribution in [2.45, 2.75) is 40.1 Å². The van der Waals surface area contributed by atoms with Gasteiger partial charge in [-0.1, -0.05) is 85.0 Å². The molecule has 0 fully saturated rings. The summed E-state index contributed by atoms with van der Waals surface area (Å²) in [7, 11) is 3.47. The molecule has 0 aromatic heterocycles. The van der Waals surface area contributed by atoms with Gasteiger partial charge in [-0.3, -0.25) is 14.9 Å². The highest BCUT2D eigenvalue weighted by molar-refractivity contribution is 8.76. The van der Waals surface area contributed by atoms with Gasteiger partial charge in [0.15, 0.2) is 0 Å². The highest BCUT2D eigenvalue weighted by Gasteiger charge is 2.13. The Morgan fingerprint density at radius 3 is 2.48 bits per heavy atom. The van der Waals surface area contributed by atoms with Crippen LogP contribution in [0.4, 0.5) is 0 Å². The van der Waals surface area contributed by atoms with Gasteiger partial charge in [0.25, 0.3) is 5.91 Å². The van der Waals surface area contributed by atoms with E-state index < -0.39 is 0 Å². The highest BCUT2D eigenvalue weighted by atomic mass is 33.1. The van der Waals surface area contributed by atoms with E-state index in [4.69, 9.17) is 9.47 Å². The second-order valence-electron chi connectivity index (χ2n) is 7.07. The molecule has 9 heteroatoms.